The highest BCUT2D eigenvalue weighted by Gasteiger charge is 2.19. The maximum Gasteiger partial charge on any atom is 0.281 e. The quantitative estimate of drug-likeness (QED) is 0.586. The smallest absolute Gasteiger partial charge is 0.281 e. The van der Waals surface area contributed by atoms with Crippen LogP contribution in [-0.4, -0.2) is 25.7 Å². The van der Waals surface area contributed by atoms with Crippen molar-refractivity contribution in [3.63, 3.8) is 0 Å². The van der Waals surface area contributed by atoms with Gasteiger partial charge in [0, 0.05) is 23.5 Å². The number of aromatic nitrogens is 4. The molecule has 27 heavy (non-hydrogen) atoms. The van der Waals surface area contributed by atoms with E-state index in [1.165, 1.54) is 4.68 Å². The highest BCUT2D eigenvalue weighted by molar-refractivity contribution is 5.96. The van der Waals surface area contributed by atoms with Crippen LogP contribution in [0.4, 0.5) is 5.95 Å². The van der Waals surface area contributed by atoms with Crippen molar-refractivity contribution in [2.75, 3.05) is 5.32 Å². The Morgan fingerprint density at radius 2 is 1.89 bits per heavy atom. The van der Waals surface area contributed by atoms with Gasteiger partial charge in [-0.05, 0) is 31.2 Å². The van der Waals surface area contributed by atoms with Crippen molar-refractivity contribution in [3.8, 4) is 11.4 Å². The number of pyridine rings is 1. The molecule has 0 saturated heterocycles. The molecule has 1 aromatic carbocycles. The van der Waals surface area contributed by atoms with E-state index in [1.54, 1.807) is 30.8 Å². The van der Waals surface area contributed by atoms with Gasteiger partial charge in [0.05, 0.1) is 12.8 Å². The molecule has 0 aliphatic rings. The van der Waals surface area contributed by atoms with Crippen LogP contribution in [-0.2, 0) is 6.54 Å². The van der Waals surface area contributed by atoms with Crippen LogP contribution in [0, 0.1) is 6.92 Å². The fraction of sp³-hybridized carbons (Fsp3) is 0.100. The Morgan fingerprint density at radius 3 is 2.59 bits per heavy atom. The minimum absolute atomic E-state index is 0.287. The van der Waals surface area contributed by atoms with Gasteiger partial charge in [0.2, 0.25) is 5.95 Å². The largest absolute Gasteiger partial charge is 0.467 e. The minimum atomic E-state index is -0.287. The first kappa shape index (κ1) is 16.7. The average molecular weight is 359 g/mol. The van der Waals surface area contributed by atoms with Crippen LogP contribution in [0.15, 0.2) is 71.6 Å². The molecule has 7 nitrogen and oxygen atoms in total. The third kappa shape index (κ3) is 3.62. The Kier molecular flexibility index (Phi) is 4.49. The molecule has 7 heteroatoms. The van der Waals surface area contributed by atoms with Gasteiger partial charge in [-0.1, -0.05) is 29.8 Å². The number of nitrogens with zero attached hydrogens (tertiary/aromatic N) is 4. The van der Waals surface area contributed by atoms with Gasteiger partial charge in [0.15, 0.2) is 5.82 Å². The van der Waals surface area contributed by atoms with Gasteiger partial charge >= 0.3 is 0 Å². The zero-order chi connectivity index (χ0) is 18.6. The average Bonchev–Trinajstić information content (AvgIpc) is 3.37. The molecule has 0 amide bonds. The third-order valence-corrected chi connectivity index (χ3v) is 4.04. The Morgan fingerprint density at radius 1 is 1.11 bits per heavy atom. The molecule has 4 rings (SSSR count). The summed E-state index contributed by atoms with van der Waals surface area (Å²) in [4.78, 5) is 21.4. The van der Waals surface area contributed by atoms with E-state index in [4.69, 9.17) is 4.42 Å². The number of furan rings is 1. The second-order valence-corrected chi connectivity index (χ2v) is 6.01. The lowest BCUT2D eigenvalue weighted by Crippen LogP contribution is -2.17. The van der Waals surface area contributed by atoms with Crippen molar-refractivity contribution >= 4 is 11.9 Å². The number of benzene rings is 1. The normalized spacial score (nSPS) is 10.7. The van der Waals surface area contributed by atoms with Crippen molar-refractivity contribution in [2.45, 2.75) is 13.5 Å². The molecule has 3 heterocycles. The maximum absolute atomic E-state index is 12.9. The summed E-state index contributed by atoms with van der Waals surface area (Å²) in [7, 11) is 0. The molecular formula is C20H17N5O2. The van der Waals surface area contributed by atoms with Crippen molar-refractivity contribution in [1.29, 1.82) is 0 Å². The number of rotatable bonds is 5. The Balaban J connectivity index is 1.70. The van der Waals surface area contributed by atoms with Gasteiger partial charge < -0.3 is 9.73 Å². The standard InChI is InChI=1S/C20H17N5O2/c1-14-4-6-15(7-5-14)18-23-20(22-13-17-3-2-12-27-17)25(24-18)19(26)16-8-10-21-11-9-16/h2-12H,13H2,1H3,(H,22,23,24). The van der Waals surface area contributed by atoms with Crippen molar-refractivity contribution < 1.29 is 9.21 Å². The van der Waals surface area contributed by atoms with E-state index in [-0.39, 0.29) is 5.91 Å². The Bertz CT molecular complexity index is 1040. The second kappa shape index (κ2) is 7.25. The zero-order valence-corrected chi connectivity index (χ0v) is 14.7. The van der Waals surface area contributed by atoms with Gasteiger partial charge in [-0.15, -0.1) is 5.10 Å². The van der Waals surface area contributed by atoms with Crippen LogP contribution >= 0.6 is 0 Å². The molecule has 0 bridgehead atoms. The molecule has 0 saturated carbocycles. The number of carbonyl (C=O) groups is 1. The molecule has 0 atom stereocenters. The van der Waals surface area contributed by atoms with E-state index in [0.29, 0.717) is 23.9 Å². The molecule has 4 aromatic rings. The summed E-state index contributed by atoms with van der Waals surface area (Å²) in [5.74, 6) is 1.27. The molecule has 0 fully saturated rings. The first-order valence-corrected chi connectivity index (χ1v) is 8.46. The van der Waals surface area contributed by atoms with Gasteiger partial charge in [0.25, 0.3) is 5.91 Å². The second-order valence-electron chi connectivity index (χ2n) is 6.01. The van der Waals surface area contributed by atoms with Crippen molar-refractivity contribution in [3.05, 3.63) is 84.1 Å². The highest BCUT2D eigenvalue weighted by atomic mass is 16.3. The maximum atomic E-state index is 12.9. The topological polar surface area (TPSA) is 85.8 Å². The van der Waals surface area contributed by atoms with E-state index in [0.717, 1.165) is 16.9 Å². The Labute approximate surface area is 155 Å². The number of anilines is 1. The van der Waals surface area contributed by atoms with E-state index in [2.05, 4.69) is 20.4 Å². The molecule has 0 unspecified atom stereocenters. The highest BCUT2D eigenvalue weighted by Crippen LogP contribution is 2.20. The van der Waals surface area contributed by atoms with Crippen LogP contribution in [0.1, 0.15) is 21.7 Å². The molecule has 3 aromatic heterocycles. The molecule has 134 valence electrons. The number of hydrogen-bond acceptors (Lipinski definition) is 6. The molecule has 0 radical (unpaired) electrons. The van der Waals surface area contributed by atoms with E-state index in [1.807, 2.05) is 43.3 Å². The summed E-state index contributed by atoms with van der Waals surface area (Å²) in [5.41, 5.74) is 2.46. The van der Waals surface area contributed by atoms with Crippen LogP contribution in [0.2, 0.25) is 0 Å². The number of carbonyl (C=O) groups excluding carboxylic acids is 1. The minimum Gasteiger partial charge on any atom is -0.467 e. The first-order chi connectivity index (χ1) is 13.2. The summed E-state index contributed by atoms with van der Waals surface area (Å²) in [6, 6.07) is 14.8. The van der Waals surface area contributed by atoms with E-state index < -0.39 is 0 Å². The monoisotopic (exact) mass is 359 g/mol. The Hall–Kier alpha value is -3.74. The van der Waals surface area contributed by atoms with Crippen molar-refractivity contribution in [2.24, 2.45) is 0 Å². The zero-order valence-electron chi connectivity index (χ0n) is 14.7. The summed E-state index contributed by atoms with van der Waals surface area (Å²) in [6.45, 7) is 2.40. The number of aryl methyl sites for hydroxylation is 1. The SMILES string of the molecule is Cc1ccc(-c2nc(NCc3ccco3)n(C(=O)c3ccncc3)n2)cc1. The lowest BCUT2D eigenvalue weighted by Gasteiger charge is -2.05. The van der Waals surface area contributed by atoms with E-state index in [9.17, 15) is 4.79 Å². The van der Waals surface area contributed by atoms with Gasteiger partial charge in [-0.2, -0.15) is 9.67 Å². The van der Waals surface area contributed by atoms with Gasteiger partial charge in [-0.25, -0.2) is 0 Å². The number of nitrogens with one attached hydrogen (secondary N) is 1. The van der Waals surface area contributed by atoms with Crippen molar-refractivity contribution in [1.82, 2.24) is 19.7 Å². The molecule has 0 spiro atoms. The lowest BCUT2D eigenvalue weighted by atomic mass is 10.1. The fourth-order valence-electron chi connectivity index (χ4n) is 2.59. The summed E-state index contributed by atoms with van der Waals surface area (Å²) < 4.78 is 6.60. The number of hydrogen-bond donors (Lipinski definition) is 1. The summed E-state index contributed by atoms with van der Waals surface area (Å²) in [5, 5.41) is 7.56. The van der Waals surface area contributed by atoms with Gasteiger partial charge in [-0.3, -0.25) is 9.78 Å². The van der Waals surface area contributed by atoms with Gasteiger partial charge in [0.1, 0.15) is 5.76 Å². The summed E-state index contributed by atoms with van der Waals surface area (Å²) in [6.07, 6.45) is 4.74. The molecule has 1 N–H and O–H groups in total. The predicted molar refractivity (Wildman–Crippen MR) is 100 cm³/mol. The molecule has 0 aliphatic carbocycles. The fourth-order valence-corrected chi connectivity index (χ4v) is 2.59. The van der Waals surface area contributed by atoms with Crippen LogP contribution in [0.5, 0.6) is 0 Å². The van der Waals surface area contributed by atoms with Crippen LogP contribution < -0.4 is 5.32 Å². The molecule has 0 aliphatic heterocycles. The molecular weight excluding hydrogens is 342 g/mol. The predicted octanol–water partition coefficient (Wildman–Crippen LogP) is 3.54. The van der Waals surface area contributed by atoms with Crippen LogP contribution in [0.25, 0.3) is 11.4 Å². The first-order valence-electron chi connectivity index (χ1n) is 8.46. The van der Waals surface area contributed by atoms with Crippen LogP contribution in [0.3, 0.4) is 0 Å². The van der Waals surface area contributed by atoms with E-state index >= 15 is 0 Å². The third-order valence-electron chi connectivity index (χ3n) is 4.04. The summed E-state index contributed by atoms with van der Waals surface area (Å²) >= 11 is 0. The lowest BCUT2D eigenvalue weighted by molar-refractivity contribution is 0.0947.